The zero-order chi connectivity index (χ0) is 13.8. The fourth-order valence-corrected chi connectivity index (χ4v) is 2.52. The first-order chi connectivity index (χ1) is 9.84. The molecule has 1 aliphatic heterocycles. The predicted octanol–water partition coefficient (Wildman–Crippen LogP) is 1.29. The van der Waals surface area contributed by atoms with Crippen molar-refractivity contribution in [2.45, 2.75) is 18.8 Å². The minimum Gasteiger partial charge on any atom is -0.338 e. The molecule has 0 spiro atoms. The van der Waals surface area contributed by atoms with Gasteiger partial charge in [-0.25, -0.2) is 9.97 Å². The van der Waals surface area contributed by atoms with Crippen LogP contribution in [0, 0.1) is 0 Å². The second kappa shape index (κ2) is 5.73. The number of carbonyl (C=O) groups is 1. The number of hydrogen-bond acceptors (Lipinski definition) is 5. The van der Waals surface area contributed by atoms with E-state index in [2.05, 4.69) is 19.9 Å². The van der Waals surface area contributed by atoms with Gasteiger partial charge in [-0.1, -0.05) is 0 Å². The first-order valence-corrected chi connectivity index (χ1v) is 6.65. The van der Waals surface area contributed by atoms with Crippen molar-refractivity contribution >= 4 is 5.91 Å². The molecule has 1 saturated heterocycles. The van der Waals surface area contributed by atoms with Gasteiger partial charge in [0.1, 0.15) is 6.33 Å². The van der Waals surface area contributed by atoms with Crippen molar-refractivity contribution < 1.29 is 4.79 Å². The Hall–Kier alpha value is -2.37. The Morgan fingerprint density at radius 2 is 2.00 bits per heavy atom. The van der Waals surface area contributed by atoms with Gasteiger partial charge in [0.25, 0.3) is 5.91 Å². The molecule has 0 radical (unpaired) electrons. The summed E-state index contributed by atoms with van der Waals surface area (Å²) < 4.78 is 0. The van der Waals surface area contributed by atoms with Gasteiger partial charge in [-0.15, -0.1) is 0 Å². The summed E-state index contributed by atoms with van der Waals surface area (Å²) in [6.07, 6.45) is 11.7. The largest absolute Gasteiger partial charge is 0.338 e. The number of hydrogen-bond donors (Lipinski definition) is 0. The van der Waals surface area contributed by atoms with Gasteiger partial charge in [-0.05, 0) is 12.8 Å². The first-order valence-electron chi connectivity index (χ1n) is 6.65. The Morgan fingerprint density at radius 3 is 2.75 bits per heavy atom. The third kappa shape index (κ3) is 2.64. The van der Waals surface area contributed by atoms with E-state index >= 15 is 0 Å². The van der Waals surface area contributed by atoms with Crippen LogP contribution in [0.5, 0.6) is 0 Å². The molecule has 2 aromatic rings. The Kier molecular flexibility index (Phi) is 3.62. The maximum absolute atomic E-state index is 12.4. The van der Waals surface area contributed by atoms with Crippen LogP contribution in [0.3, 0.4) is 0 Å². The minimum absolute atomic E-state index is 0.0146. The molecule has 6 nitrogen and oxygen atoms in total. The van der Waals surface area contributed by atoms with Crippen LogP contribution in [-0.2, 0) is 0 Å². The van der Waals surface area contributed by atoms with Crippen LogP contribution in [0.1, 0.15) is 34.8 Å². The topological polar surface area (TPSA) is 71.9 Å². The standard InChI is InChI=1S/C14H15N5O/c20-14(12-6-16-10-17-7-12)19-5-1-2-11(9-19)13-8-15-3-4-18-13/h3-4,6-8,10-11H,1-2,5,9H2/t11-/m1/s1. The summed E-state index contributed by atoms with van der Waals surface area (Å²) in [4.78, 5) is 30.5. The van der Waals surface area contributed by atoms with Crippen molar-refractivity contribution in [1.82, 2.24) is 24.8 Å². The number of likely N-dealkylation sites (tertiary alicyclic amines) is 1. The number of piperidine rings is 1. The molecule has 1 amide bonds. The van der Waals surface area contributed by atoms with Gasteiger partial charge in [0.05, 0.1) is 11.3 Å². The minimum atomic E-state index is -0.0146. The van der Waals surface area contributed by atoms with Crippen molar-refractivity contribution in [3.05, 3.63) is 48.6 Å². The van der Waals surface area contributed by atoms with Gasteiger partial charge >= 0.3 is 0 Å². The Bertz CT molecular complexity index is 575. The van der Waals surface area contributed by atoms with Crippen molar-refractivity contribution in [1.29, 1.82) is 0 Å². The molecule has 1 aliphatic rings. The van der Waals surface area contributed by atoms with E-state index in [0.717, 1.165) is 25.1 Å². The van der Waals surface area contributed by atoms with Crippen molar-refractivity contribution in [3.8, 4) is 0 Å². The van der Waals surface area contributed by atoms with Crippen molar-refractivity contribution in [3.63, 3.8) is 0 Å². The highest BCUT2D eigenvalue weighted by Gasteiger charge is 2.26. The Morgan fingerprint density at radius 1 is 1.15 bits per heavy atom. The molecule has 1 fully saturated rings. The second-order valence-electron chi connectivity index (χ2n) is 4.85. The highest BCUT2D eigenvalue weighted by molar-refractivity contribution is 5.93. The molecule has 0 bridgehead atoms. The predicted molar refractivity (Wildman–Crippen MR) is 71.9 cm³/mol. The van der Waals surface area contributed by atoms with Gasteiger partial charge in [0.15, 0.2) is 0 Å². The van der Waals surface area contributed by atoms with E-state index in [1.165, 1.54) is 6.33 Å². The van der Waals surface area contributed by atoms with E-state index in [-0.39, 0.29) is 11.8 Å². The normalized spacial score (nSPS) is 18.8. The maximum atomic E-state index is 12.4. The molecule has 0 unspecified atom stereocenters. The molecule has 2 aromatic heterocycles. The van der Waals surface area contributed by atoms with Gasteiger partial charge < -0.3 is 4.90 Å². The van der Waals surface area contributed by atoms with Crippen LogP contribution in [0.2, 0.25) is 0 Å². The molecule has 1 atom stereocenters. The lowest BCUT2D eigenvalue weighted by atomic mass is 9.94. The lowest BCUT2D eigenvalue weighted by molar-refractivity contribution is 0.0705. The third-order valence-corrected chi connectivity index (χ3v) is 3.52. The maximum Gasteiger partial charge on any atom is 0.257 e. The lowest BCUT2D eigenvalue weighted by Gasteiger charge is -2.32. The highest BCUT2D eigenvalue weighted by atomic mass is 16.2. The second-order valence-corrected chi connectivity index (χ2v) is 4.85. The van der Waals surface area contributed by atoms with Crippen LogP contribution >= 0.6 is 0 Å². The summed E-state index contributed by atoms with van der Waals surface area (Å²) in [6.45, 7) is 1.44. The number of nitrogens with zero attached hydrogens (tertiary/aromatic N) is 5. The van der Waals surface area contributed by atoms with Gasteiger partial charge in [-0.3, -0.25) is 14.8 Å². The van der Waals surface area contributed by atoms with E-state index < -0.39 is 0 Å². The van der Waals surface area contributed by atoms with Gasteiger partial charge in [0, 0.05) is 50.0 Å². The lowest BCUT2D eigenvalue weighted by Crippen LogP contribution is -2.39. The molecule has 102 valence electrons. The number of amides is 1. The summed E-state index contributed by atoms with van der Waals surface area (Å²) >= 11 is 0. The van der Waals surface area contributed by atoms with E-state index in [1.807, 2.05) is 4.90 Å². The number of aromatic nitrogens is 4. The van der Waals surface area contributed by atoms with E-state index in [4.69, 9.17) is 0 Å². The summed E-state index contributed by atoms with van der Waals surface area (Å²) in [5.74, 6) is 0.241. The summed E-state index contributed by atoms with van der Waals surface area (Å²) in [6, 6.07) is 0. The molecule has 0 saturated carbocycles. The molecular weight excluding hydrogens is 254 g/mol. The van der Waals surface area contributed by atoms with Crippen LogP contribution in [0.15, 0.2) is 37.3 Å². The molecule has 0 N–H and O–H groups in total. The molecule has 0 aliphatic carbocycles. The van der Waals surface area contributed by atoms with Crippen molar-refractivity contribution in [2.75, 3.05) is 13.1 Å². The first kappa shape index (κ1) is 12.7. The van der Waals surface area contributed by atoms with Crippen LogP contribution in [0.4, 0.5) is 0 Å². The molecule has 6 heteroatoms. The van der Waals surface area contributed by atoms with Crippen LogP contribution < -0.4 is 0 Å². The molecule has 0 aromatic carbocycles. The Labute approximate surface area is 116 Å². The summed E-state index contributed by atoms with van der Waals surface area (Å²) in [7, 11) is 0. The monoisotopic (exact) mass is 269 g/mol. The van der Waals surface area contributed by atoms with E-state index in [9.17, 15) is 4.79 Å². The molecular formula is C14H15N5O. The van der Waals surface area contributed by atoms with E-state index in [1.54, 1.807) is 31.0 Å². The number of carbonyl (C=O) groups excluding carboxylic acids is 1. The fourth-order valence-electron chi connectivity index (χ4n) is 2.52. The highest BCUT2D eigenvalue weighted by Crippen LogP contribution is 2.25. The zero-order valence-electron chi connectivity index (χ0n) is 11.0. The van der Waals surface area contributed by atoms with Crippen molar-refractivity contribution in [2.24, 2.45) is 0 Å². The molecule has 20 heavy (non-hydrogen) atoms. The van der Waals surface area contributed by atoms with Gasteiger partial charge in [0.2, 0.25) is 0 Å². The third-order valence-electron chi connectivity index (χ3n) is 3.52. The number of rotatable bonds is 2. The SMILES string of the molecule is O=C(c1cncnc1)N1CCC[C@@H](c2cnccn2)C1. The zero-order valence-corrected chi connectivity index (χ0v) is 11.0. The fraction of sp³-hybridized carbons (Fsp3) is 0.357. The van der Waals surface area contributed by atoms with Gasteiger partial charge in [-0.2, -0.15) is 0 Å². The molecule has 3 heterocycles. The quantitative estimate of drug-likeness (QED) is 0.821. The van der Waals surface area contributed by atoms with Crippen LogP contribution in [-0.4, -0.2) is 43.8 Å². The average molecular weight is 269 g/mol. The Balaban J connectivity index is 1.74. The van der Waals surface area contributed by atoms with Crippen LogP contribution in [0.25, 0.3) is 0 Å². The molecule has 3 rings (SSSR count). The average Bonchev–Trinajstić information content (AvgIpc) is 2.56. The van der Waals surface area contributed by atoms with E-state index in [0.29, 0.717) is 12.1 Å². The summed E-state index contributed by atoms with van der Waals surface area (Å²) in [5, 5.41) is 0. The summed E-state index contributed by atoms with van der Waals surface area (Å²) in [5.41, 5.74) is 1.49. The smallest absolute Gasteiger partial charge is 0.257 e.